The van der Waals surface area contributed by atoms with Crippen LogP contribution in [0.25, 0.3) is 0 Å². The highest BCUT2D eigenvalue weighted by Gasteiger charge is 2.21. The van der Waals surface area contributed by atoms with E-state index in [1.807, 2.05) is 20.8 Å². The third-order valence-corrected chi connectivity index (χ3v) is 1.92. The van der Waals surface area contributed by atoms with Gasteiger partial charge in [0.05, 0.1) is 11.9 Å². The minimum atomic E-state index is -1.13. The minimum Gasteiger partial charge on any atom is -0.476 e. The van der Waals surface area contributed by atoms with Crippen LogP contribution < -0.4 is 0 Å². The molecule has 4 nitrogen and oxygen atoms in total. The Labute approximate surface area is 87.0 Å². The first-order valence-electron chi connectivity index (χ1n) is 4.08. The Morgan fingerprint density at radius 3 is 2.43 bits per heavy atom. The zero-order valence-corrected chi connectivity index (χ0v) is 8.96. The van der Waals surface area contributed by atoms with Crippen LogP contribution in [0.15, 0.2) is 6.20 Å². The number of carboxylic acids is 1. The van der Waals surface area contributed by atoms with Crippen molar-refractivity contribution >= 4 is 17.6 Å². The van der Waals surface area contributed by atoms with Crippen molar-refractivity contribution < 1.29 is 9.90 Å². The fourth-order valence-electron chi connectivity index (χ4n) is 0.973. The van der Waals surface area contributed by atoms with Gasteiger partial charge in [-0.3, -0.25) is 4.98 Å². The van der Waals surface area contributed by atoms with Crippen LogP contribution in [0.2, 0.25) is 5.15 Å². The van der Waals surface area contributed by atoms with Crippen molar-refractivity contribution in [2.75, 3.05) is 0 Å². The number of aromatic nitrogens is 2. The summed E-state index contributed by atoms with van der Waals surface area (Å²) in [7, 11) is 0. The Kier molecular flexibility index (Phi) is 2.76. The van der Waals surface area contributed by atoms with Gasteiger partial charge in [-0.25, -0.2) is 9.78 Å². The van der Waals surface area contributed by atoms with Crippen LogP contribution in [-0.2, 0) is 5.41 Å². The van der Waals surface area contributed by atoms with E-state index >= 15 is 0 Å². The first-order valence-corrected chi connectivity index (χ1v) is 4.46. The molecule has 0 saturated heterocycles. The molecule has 5 heteroatoms. The Balaban J connectivity index is 3.21. The van der Waals surface area contributed by atoms with E-state index in [-0.39, 0.29) is 16.3 Å². The molecule has 14 heavy (non-hydrogen) atoms. The number of hydrogen-bond donors (Lipinski definition) is 1. The second-order valence-electron chi connectivity index (χ2n) is 3.95. The molecule has 0 unspecified atom stereocenters. The lowest BCUT2D eigenvalue weighted by atomic mass is 9.92. The summed E-state index contributed by atoms with van der Waals surface area (Å²) < 4.78 is 0. The van der Waals surface area contributed by atoms with E-state index in [2.05, 4.69) is 9.97 Å². The van der Waals surface area contributed by atoms with E-state index in [4.69, 9.17) is 16.7 Å². The first kappa shape index (κ1) is 10.9. The Bertz CT molecular complexity index is 372. The second-order valence-corrected chi connectivity index (χ2v) is 4.31. The van der Waals surface area contributed by atoms with Gasteiger partial charge in [-0.15, -0.1) is 0 Å². The summed E-state index contributed by atoms with van der Waals surface area (Å²) >= 11 is 5.82. The van der Waals surface area contributed by atoms with Crippen LogP contribution in [0.4, 0.5) is 0 Å². The van der Waals surface area contributed by atoms with Gasteiger partial charge in [-0.2, -0.15) is 0 Å². The van der Waals surface area contributed by atoms with Gasteiger partial charge in [0.25, 0.3) is 0 Å². The molecule has 0 aliphatic heterocycles. The standard InChI is InChI=1S/C9H11ClN2O2/c1-9(2,3)6-7(10)12-5(4-11-6)8(13)14/h4H,1-3H3,(H,13,14). The third kappa shape index (κ3) is 2.20. The highest BCUT2D eigenvalue weighted by atomic mass is 35.5. The fourth-order valence-corrected chi connectivity index (χ4v) is 1.40. The summed E-state index contributed by atoms with van der Waals surface area (Å²) in [6.07, 6.45) is 1.22. The zero-order chi connectivity index (χ0) is 10.9. The zero-order valence-electron chi connectivity index (χ0n) is 8.21. The number of nitrogens with zero attached hydrogens (tertiary/aromatic N) is 2. The van der Waals surface area contributed by atoms with E-state index < -0.39 is 5.97 Å². The molecular formula is C9H11ClN2O2. The van der Waals surface area contributed by atoms with Crippen LogP contribution in [0, 0.1) is 0 Å². The number of carboxylic acid groups (broad SMARTS) is 1. The molecule has 0 amide bonds. The maximum atomic E-state index is 10.6. The SMILES string of the molecule is CC(C)(C)c1ncc(C(=O)O)nc1Cl. The predicted octanol–water partition coefficient (Wildman–Crippen LogP) is 2.13. The molecular weight excluding hydrogens is 204 g/mol. The lowest BCUT2D eigenvalue weighted by Gasteiger charge is -2.18. The largest absolute Gasteiger partial charge is 0.476 e. The average Bonchev–Trinajstić information content (AvgIpc) is 2.01. The quantitative estimate of drug-likeness (QED) is 0.778. The maximum absolute atomic E-state index is 10.6. The van der Waals surface area contributed by atoms with Crippen molar-refractivity contribution in [3.8, 4) is 0 Å². The van der Waals surface area contributed by atoms with E-state index in [9.17, 15) is 4.79 Å². The summed E-state index contributed by atoms with van der Waals surface area (Å²) in [5, 5.41) is 8.79. The average molecular weight is 215 g/mol. The van der Waals surface area contributed by atoms with Crippen molar-refractivity contribution in [2.45, 2.75) is 26.2 Å². The molecule has 0 saturated carbocycles. The van der Waals surface area contributed by atoms with Gasteiger partial charge in [0.2, 0.25) is 0 Å². The molecule has 0 atom stereocenters. The number of halogens is 1. The van der Waals surface area contributed by atoms with Crippen molar-refractivity contribution in [1.29, 1.82) is 0 Å². The number of hydrogen-bond acceptors (Lipinski definition) is 3. The molecule has 1 aromatic rings. The molecule has 76 valence electrons. The van der Waals surface area contributed by atoms with Crippen LogP contribution >= 0.6 is 11.6 Å². The summed E-state index contributed by atoms with van der Waals surface area (Å²) in [6, 6.07) is 0. The molecule has 0 radical (unpaired) electrons. The molecule has 0 fully saturated rings. The van der Waals surface area contributed by atoms with Gasteiger partial charge < -0.3 is 5.11 Å². The molecule has 0 aromatic carbocycles. The Morgan fingerprint density at radius 1 is 1.50 bits per heavy atom. The van der Waals surface area contributed by atoms with Gasteiger partial charge in [0, 0.05) is 5.41 Å². The van der Waals surface area contributed by atoms with E-state index in [0.29, 0.717) is 5.69 Å². The molecule has 0 aliphatic rings. The second kappa shape index (κ2) is 3.53. The summed E-state index contributed by atoms with van der Waals surface area (Å²) in [6.45, 7) is 5.80. The van der Waals surface area contributed by atoms with Crippen molar-refractivity contribution in [3.63, 3.8) is 0 Å². The first-order chi connectivity index (χ1) is 6.32. The van der Waals surface area contributed by atoms with E-state index in [1.165, 1.54) is 6.20 Å². The Morgan fingerprint density at radius 2 is 2.07 bits per heavy atom. The van der Waals surface area contributed by atoms with Gasteiger partial charge in [0.1, 0.15) is 0 Å². The van der Waals surface area contributed by atoms with Gasteiger partial charge in [0.15, 0.2) is 10.8 Å². The lowest BCUT2D eigenvalue weighted by molar-refractivity contribution is 0.0690. The molecule has 1 rings (SSSR count). The topological polar surface area (TPSA) is 63.1 Å². The summed E-state index contributed by atoms with van der Waals surface area (Å²) in [5.74, 6) is -1.13. The van der Waals surface area contributed by atoms with Crippen LogP contribution in [0.3, 0.4) is 0 Å². The number of carbonyl (C=O) groups is 1. The normalized spacial score (nSPS) is 11.4. The molecule has 1 heterocycles. The van der Waals surface area contributed by atoms with Gasteiger partial charge >= 0.3 is 5.97 Å². The van der Waals surface area contributed by atoms with Gasteiger partial charge in [-0.1, -0.05) is 32.4 Å². The highest BCUT2D eigenvalue weighted by molar-refractivity contribution is 6.30. The Hall–Kier alpha value is -1.16. The van der Waals surface area contributed by atoms with Crippen LogP contribution in [-0.4, -0.2) is 21.0 Å². The third-order valence-electron chi connectivity index (χ3n) is 1.66. The van der Waals surface area contributed by atoms with Crippen molar-refractivity contribution in [2.24, 2.45) is 0 Å². The number of rotatable bonds is 1. The van der Waals surface area contributed by atoms with Crippen molar-refractivity contribution in [1.82, 2.24) is 9.97 Å². The highest BCUT2D eigenvalue weighted by Crippen LogP contribution is 2.25. The van der Waals surface area contributed by atoms with Crippen LogP contribution in [0.1, 0.15) is 37.0 Å². The smallest absolute Gasteiger partial charge is 0.356 e. The minimum absolute atomic E-state index is 0.136. The summed E-state index contributed by atoms with van der Waals surface area (Å²) in [5.41, 5.74) is 0.230. The van der Waals surface area contributed by atoms with Crippen molar-refractivity contribution in [3.05, 3.63) is 22.7 Å². The molecule has 0 bridgehead atoms. The predicted molar refractivity (Wildman–Crippen MR) is 52.7 cm³/mol. The summed E-state index contributed by atoms with van der Waals surface area (Å²) in [4.78, 5) is 18.3. The molecule has 1 aromatic heterocycles. The number of aromatic carboxylic acids is 1. The molecule has 1 N–H and O–H groups in total. The van der Waals surface area contributed by atoms with E-state index in [0.717, 1.165) is 0 Å². The monoisotopic (exact) mass is 214 g/mol. The fraction of sp³-hybridized carbons (Fsp3) is 0.444. The van der Waals surface area contributed by atoms with E-state index in [1.54, 1.807) is 0 Å². The van der Waals surface area contributed by atoms with Gasteiger partial charge in [-0.05, 0) is 0 Å². The lowest BCUT2D eigenvalue weighted by Crippen LogP contribution is -2.16. The maximum Gasteiger partial charge on any atom is 0.356 e. The molecule has 0 aliphatic carbocycles. The molecule has 0 spiro atoms. The van der Waals surface area contributed by atoms with Crippen LogP contribution in [0.5, 0.6) is 0 Å².